The van der Waals surface area contributed by atoms with Gasteiger partial charge in [-0.05, 0) is 38.2 Å². The molecule has 1 aromatic rings. The normalized spacial score (nSPS) is 12.2. The van der Waals surface area contributed by atoms with E-state index >= 15 is 0 Å². The van der Waals surface area contributed by atoms with E-state index in [4.69, 9.17) is 5.26 Å². The van der Waals surface area contributed by atoms with Crippen LogP contribution in [-0.4, -0.2) is 30.3 Å². The third kappa shape index (κ3) is 4.27. The fraction of sp³-hybridized carbons (Fsp3) is 0.429. The van der Waals surface area contributed by atoms with Crippen LogP contribution >= 0.6 is 0 Å². The Morgan fingerprint density at radius 3 is 2.61 bits per heavy atom. The minimum atomic E-state index is -0.341. The Labute approximate surface area is 107 Å². The van der Waals surface area contributed by atoms with Crippen molar-refractivity contribution in [2.45, 2.75) is 25.8 Å². The fourth-order valence-corrected chi connectivity index (χ4v) is 1.57. The van der Waals surface area contributed by atoms with Crippen LogP contribution in [0.15, 0.2) is 24.3 Å². The molecule has 1 atom stereocenters. The van der Waals surface area contributed by atoms with E-state index in [1.807, 2.05) is 18.9 Å². The number of benzene rings is 1. The zero-order valence-corrected chi connectivity index (χ0v) is 10.7. The Morgan fingerprint density at radius 2 is 2.06 bits per heavy atom. The molecule has 4 heteroatoms. The van der Waals surface area contributed by atoms with E-state index in [1.54, 1.807) is 0 Å². The molecule has 3 nitrogen and oxygen atoms in total. The lowest BCUT2D eigenvalue weighted by Gasteiger charge is -2.21. The summed E-state index contributed by atoms with van der Waals surface area (Å²) in [6.45, 7) is 2.55. The van der Waals surface area contributed by atoms with Crippen LogP contribution in [0.5, 0.6) is 0 Å². The van der Waals surface area contributed by atoms with Gasteiger partial charge in [0.05, 0.1) is 12.5 Å². The van der Waals surface area contributed by atoms with Crippen molar-refractivity contribution in [3.63, 3.8) is 0 Å². The summed E-state index contributed by atoms with van der Waals surface area (Å²) in [5.41, 5.74) is 0.526. The topological polar surface area (TPSA) is 44.1 Å². The monoisotopic (exact) mass is 248 g/mol. The number of carbonyl (C=O) groups is 1. The number of halogens is 1. The molecule has 1 rings (SSSR count). The molecule has 0 bridgehead atoms. The largest absolute Gasteiger partial charge is 0.302 e. The molecule has 0 fully saturated rings. The Bertz CT molecular complexity index is 436. The summed E-state index contributed by atoms with van der Waals surface area (Å²) in [5, 5.41) is 8.59. The van der Waals surface area contributed by atoms with Crippen molar-refractivity contribution in [2.24, 2.45) is 0 Å². The van der Waals surface area contributed by atoms with Gasteiger partial charge in [0.25, 0.3) is 0 Å². The van der Waals surface area contributed by atoms with Crippen molar-refractivity contribution < 1.29 is 9.18 Å². The van der Waals surface area contributed by atoms with E-state index in [0.29, 0.717) is 24.9 Å². The van der Waals surface area contributed by atoms with Crippen molar-refractivity contribution in [2.75, 3.05) is 13.6 Å². The molecule has 0 saturated carbocycles. The molecule has 1 aromatic carbocycles. The minimum Gasteiger partial charge on any atom is -0.302 e. The van der Waals surface area contributed by atoms with Gasteiger partial charge in [-0.25, -0.2) is 4.39 Å². The molecule has 18 heavy (non-hydrogen) atoms. The van der Waals surface area contributed by atoms with Crippen molar-refractivity contribution >= 4 is 5.78 Å². The zero-order chi connectivity index (χ0) is 13.5. The molecule has 0 aliphatic heterocycles. The molecule has 0 heterocycles. The first-order valence-electron chi connectivity index (χ1n) is 5.90. The number of ketones is 1. The van der Waals surface area contributed by atoms with E-state index < -0.39 is 0 Å². The van der Waals surface area contributed by atoms with Crippen LogP contribution in [0.1, 0.15) is 30.1 Å². The van der Waals surface area contributed by atoms with Gasteiger partial charge in [-0.2, -0.15) is 5.26 Å². The van der Waals surface area contributed by atoms with E-state index in [0.717, 1.165) is 0 Å². The van der Waals surface area contributed by atoms with Crippen molar-refractivity contribution in [1.29, 1.82) is 5.26 Å². The Hall–Kier alpha value is -1.73. The lowest BCUT2D eigenvalue weighted by molar-refractivity contribution is 0.0962. The molecule has 0 radical (unpaired) electrons. The summed E-state index contributed by atoms with van der Waals surface area (Å²) >= 11 is 0. The highest BCUT2D eigenvalue weighted by Crippen LogP contribution is 2.08. The van der Waals surface area contributed by atoms with Gasteiger partial charge in [-0.3, -0.25) is 4.79 Å². The van der Waals surface area contributed by atoms with E-state index in [-0.39, 0.29) is 17.6 Å². The van der Waals surface area contributed by atoms with Gasteiger partial charge in [0.2, 0.25) is 0 Å². The first-order valence-corrected chi connectivity index (χ1v) is 5.90. The number of hydrogen-bond donors (Lipinski definition) is 0. The predicted molar refractivity (Wildman–Crippen MR) is 67.7 cm³/mol. The minimum absolute atomic E-state index is 0.00833. The van der Waals surface area contributed by atoms with E-state index in [2.05, 4.69) is 6.07 Å². The fourth-order valence-electron chi connectivity index (χ4n) is 1.57. The first kappa shape index (κ1) is 14.3. The van der Waals surface area contributed by atoms with Gasteiger partial charge >= 0.3 is 0 Å². The number of nitriles is 1. The molecular formula is C14H17FN2O. The van der Waals surface area contributed by atoms with Gasteiger partial charge in [0.15, 0.2) is 5.78 Å². The number of Topliss-reactive ketones (excluding diaryl/α,β-unsaturated/α-hetero) is 1. The Morgan fingerprint density at radius 1 is 1.44 bits per heavy atom. The molecule has 96 valence electrons. The molecule has 0 aliphatic carbocycles. The van der Waals surface area contributed by atoms with Crippen LogP contribution in [-0.2, 0) is 0 Å². The second kappa shape index (κ2) is 6.87. The second-order valence-electron chi connectivity index (χ2n) is 4.37. The number of hydrogen-bond acceptors (Lipinski definition) is 3. The quantitative estimate of drug-likeness (QED) is 0.727. The van der Waals surface area contributed by atoms with Crippen LogP contribution in [0.2, 0.25) is 0 Å². The standard InChI is InChI=1S/C14H17FN2O/c1-11(7-9-16)17(2)10-8-14(18)12-3-5-13(15)6-4-12/h3-6,11H,7-8,10H2,1-2H3. The third-order valence-electron chi connectivity index (χ3n) is 3.00. The second-order valence-corrected chi connectivity index (χ2v) is 4.37. The molecule has 0 spiro atoms. The highest BCUT2D eigenvalue weighted by Gasteiger charge is 2.11. The maximum atomic E-state index is 12.7. The van der Waals surface area contributed by atoms with E-state index in [1.165, 1.54) is 24.3 Å². The average molecular weight is 248 g/mol. The van der Waals surface area contributed by atoms with Gasteiger partial charge in [0, 0.05) is 24.6 Å². The van der Waals surface area contributed by atoms with Crippen LogP contribution < -0.4 is 0 Å². The van der Waals surface area contributed by atoms with Gasteiger partial charge in [0.1, 0.15) is 5.82 Å². The average Bonchev–Trinajstić information content (AvgIpc) is 2.36. The summed E-state index contributed by atoms with van der Waals surface area (Å²) in [5.74, 6) is -0.350. The van der Waals surface area contributed by atoms with Crippen LogP contribution in [0.25, 0.3) is 0 Å². The number of nitrogens with zero attached hydrogens (tertiary/aromatic N) is 2. The zero-order valence-electron chi connectivity index (χ0n) is 10.7. The highest BCUT2D eigenvalue weighted by molar-refractivity contribution is 5.96. The van der Waals surface area contributed by atoms with Crippen molar-refractivity contribution in [3.8, 4) is 6.07 Å². The molecule has 0 aromatic heterocycles. The van der Waals surface area contributed by atoms with Crippen molar-refractivity contribution in [3.05, 3.63) is 35.6 Å². The van der Waals surface area contributed by atoms with Gasteiger partial charge in [-0.15, -0.1) is 0 Å². The molecule has 0 saturated heterocycles. The summed E-state index contributed by atoms with van der Waals surface area (Å²) < 4.78 is 12.7. The van der Waals surface area contributed by atoms with Crippen molar-refractivity contribution in [1.82, 2.24) is 4.90 Å². The molecule has 0 aliphatic rings. The molecular weight excluding hydrogens is 231 g/mol. The smallest absolute Gasteiger partial charge is 0.164 e. The molecule has 0 N–H and O–H groups in total. The molecule has 1 unspecified atom stereocenters. The summed E-state index contributed by atoms with van der Waals surface area (Å²) in [4.78, 5) is 13.8. The lowest BCUT2D eigenvalue weighted by Crippen LogP contribution is -2.30. The van der Waals surface area contributed by atoms with Crippen LogP contribution in [0.4, 0.5) is 4.39 Å². The van der Waals surface area contributed by atoms with Gasteiger partial charge in [-0.1, -0.05) is 0 Å². The van der Waals surface area contributed by atoms with Gasteiger partial charge < -0.3 is 4.90 Å². The summed E-state index contributed by atoms with van der Waals surface area (Å²) in [6, 6.07) is 7.81. The van der Waals surface area contributed by atoms with Crippen LogP contribution in [0.3, 0.4) is 0 Å². The first-order chi connectivity index (χ1) is 8.54. The summed E-state index contributed by atoms with van der Waals surface area (Å²) in [7, 11) is 1.89. The Kier molecular flexibility index (Phi) is 5.47. The summed E-state index contributed by atoms with van der Waals surface area (Å²) in [6.07, 6.45) is 0.819. The van der Waals surface area contributed by atoms with E-state index in [9.17, 15) is 9.18 Å². The SMILES string of the molecule is CC(CC#N)N(C)CCC(=O)c1ccc(F)cc1. The lowest BCUT2D eigenvalue weighted by atomic mass is 10.1. The number of carbonyl (C=O) groups excluding carboxylic acids is 1. The third-order valence-corrected chi connectivity index (χ3v) is 3.00. The predicted octanol–water partition coefficient (Wildman–Crippen LogP) is 2.63. The maximum Gasteiger partial charge on any atom is 0.164 e. The van der Waals surface area contributed by atoms with Crippen LogP contribution in [0, 0.1) is 17.1 Å². The Balaban J connectivity index is 2.46. The maximum absolute atomic E-state index is 12.7. The molecule has 0 amide bonds. The highest BCUT2D eigenvalue weighted by atomic mass is 19.1. The number of rotatable bonds is 6.